The summed E-state index contributed by atoms with van der Waals surface area (Å²) in [6, 6.07) is 9.46. The highest BCUT2D eigenvalue weighted by Gasteiger charge is 1.98. The number of nitrogens with two attached hydrogens (primary N) is 1. The number of nitrogens with zero attached hydrogens (tertiary/aromatic N) is 2. The average molecular weight is 282 g/mol. The average Bonchev–Trinajstić information content (AvgIpc) is 2.20. The summed E-state index contributed by atoms with van der Waals surface area (Å²) in [6.45, 7) is 0. The van der Waals surface area contributed by atoms with Crippen LogP contribution in [-0.2, 0) is 0 Å². The number of hydrogen-bond acceptors (Lipinski definition) is 3. The number of hydrogen-bond donors (Lipinski definition) is 1. The molecule has 0 fully saturated rings. The van der Waals surface area contributed by atoms with Gasteiger partial charge in [0.15, 0.2) is 0 Å². The van der Waals surface area contributed by atoms with Crippen LogP contribution in [-0.4, -0.2) is 9.78 Å². The third-order valence-corrected chi connectivity index (χ3v) is 2.71. The highest BCUT2D eigenvalue weighted by molar-refractivity contribution is 9.10. The van der Waals surface area contributed by atoms with Gasteiger partial charge in [-0.15, -0.1) is 0 Å². The van der Waals surface area contributed by atoms with Crippen LogP contribution in [0, 0.1) is 4.64 Å². The van der Waals surface area contributed by atoms with E-state index in [-0.39, 0.29) is 0 Å². The van der Waals surface area contributed by atoms with Gasteiger partial charge in [-0.1, -0.05) is 28.1 Å². The first kappa shape index (κ1) is 10.3. The number of aromatic nitrogens is 2. The van der Waals surface area contributed by atoms with Gasteiger partial charge in [0, 0.05) is 4.47 Å². The highest BCUT2D eigenvalue weighted by Crippen LogP contribution is 2.14. The van der Waals surface area contributed by atoms with E-state index in [1.807, 2.05) is 24.3 Å². The van der Waals surface area contributed by atoms with Crippen molar-refractivity contribution in [1.82, 2.24) is 9.78 Å². The Morgan fingerprint density at radius 3 is 2.53 bits per heavy atom. The topological polar surface area (TPSA) is 43.8 Å². The quantitative estimate of drug-likeness (QED) is 0.818. The molecule has 0 saturated carbocycles. The second-order valence-electron chi connectivity index (χ2n) is 3.02. The van der Waals surface area contributed by atoms with Gasteiger partial charge < -0.3 is 5.73 Å². The summed E-state index contributed by atoms with van der Waals surface area (Å²) >= 11 is 8.54. The molecule has 5 heteroatoms. The maximum Gasteiger partial charge on any atom is 0.130 e. The summed E-state index contributed by atoms with van der Waals surface area (Å²) in [6.07, 6.45) is 1.58. The van der Waals surface area contributed by atoms with Crippen molar-refractivity contribution in [3.05, 3.63) is 45.6 Å². The predicted molar refractivity (Wildman–Crippen MR) is 66.5 cm³/mol. The molecule has 0 atom stereocenters. The Morgan fingerprint density at radius 1 is 1.27 bits per heavy atom. The van der Waals surface area contributed by atoms with E-state index in [0.29, 0.717) is 10.3 Å². The predicted octanol–water partition coefficient (Wildman–Crippen LogP) is 2.95. The largest absolute Gasteiger partial charge is 0.397 e. The number of rotatable bonds is 1. The lowest BCUT2D eigenvalue weighted by molar-refractivity contribution is 0.831. The Balaban J connectivity index is 2.55. The van der Waals surface area contributed by atoms with Crippen molar-refractivity contribution in [2.24, 2.45) is 0 Å². The van der Waals surface area contributed by atoms with Crippen molar-refractivity contribution < 1.29 is 0 Å². The molecule has 2 aromatic rings. The van der Waals surface area contributed by atoms with Gasteiger partial charge >= 0.3 is 0 Å². The molecule has 0 aliphatic rings. The summed E-state index contributed by atoms with van der Waals surface area (Å²) < 4.78 is 3.28. The van der Waals surface area contributed by atoms with Crippen LogP contribution in [0.1, 0.15) is 0 Å². The lowest BCUT2D eigenvalue weighted by Gasteiger charge is -2.05. The Kier molecular flexibility index (Phi) is 2.83. The van der Waals surface area contributed by atoms with Crippen LogP contribution in [0.3, 0.4) is 0 Å². The molecule has 0 aliphatic carbocycles. The van der Waals surface area contributed by atoms with Gasteiger partial charge in [0.05, 0.1) is 17.6 Å². The summed E-state index contributed by atoms with van der Waals surface area (Å²) in [5.41, 5.74) is 7.08. The number of benzene rings is 1. The van der Waals surface area contributed by atoms with E-state index in [4.69, 9.17) is 18.0 Å². The van der Waals surface area contributed by atoms with Crippen LogP contribution in [0.4, 0.5) is 5.69 Å². The molecule has 1 heterocycles. The minimum atomic E-state index is 0.577. The molecule has 1 aromatic carbocycles. The first-order valence-electron chi connectivity index (χ1n) is 4.27. The third-order valence-electron chi connectivity index (χ3n) is 1.89. The lowest BCUT2D eigenvalue weighted by atomic mass is 10.3. The van der Waals surface area contributed by atoms with Gasteiger partial charge in [0.25, 0.3) is 0 Å². The number of halogens is 1. The zero-order chi connectivity index (χ0) is 10.8. The third kappa shape index (κ3) is 2.24. The molecular weight excluding hydrogens is 274 g/mol. The summed E-state index contributed by atoms with van der Waals surface area (Å²) in [7, 11) is 0. The van der Waals surface area contributed by atoms with Crippen LogP contribution in [0.5, 0.6) is 0 Å². The molecule has 76 valence electrons. The molecule has 0 saturated heterocycles. The van der Waals surface area contributed by atoms with Crippen molar-refractivity contribution >= 4 is 33.8 Å². The maximum absolute atomic E-state index is 5.58. The molecular formula is C10H8BrN3S. The minimum Gasteiger partial charge on any atom is -0.397 e. The van der Waals surface area contributed by atoms with Crippen LogP contribution in [0.15, 0.2) is 41.0 Å². The highest BCUT2D eigenvalue weighted by atomic mass is 79.9. The normalized spacial score (nSPS) is 10.2. The van der Waals surface area contributed by atoms with E-state index in [1.54, 1.807) is 16.9 Å². The van der Waals surface area contributed by atoms with Crippen molar-refractivity contribution in [3.8, 4) is 5.69 Å². The molecule has 0 radical (unpaired) electrons. The smallest absolute Gasteiger partial charge is 0.130 e. The summed E-state index contributed by atoms with van der Waals surface area (Å²) in [5, 5.41) is 4.15. The van der Waals surface area contributed by atoms with E-state index < -0.39 is 0 Å². The molecule has 0 spiro atoms. The van der Waals surface area contributed by atoms with Gasteiger partial charge in [-0.25, -0.2) is 4.68 Å². The molecule has 0 unspecified atom stereocenters. The van der Waals surface area contributed by atoms with Crippen molar-refractivity contribution in [2.45, 2.75) is 0 Å². The van der Waals surface area contributed by atoms with Crippen LogP contribution >= 0.6 is 28.1 Å². The van der Waals surface area contributed by atoms with E-state index in [2.05, 4.69) is 21.0 Å². The zero-order valence-electron chi connectivity index (χ0n) is 7.72. The fraction of sp³-hybridized carbons (Fsp3) is 0. The van der Waals surface area contributed by atoms with E-state index in [1.165, 1.54) is 0 Å². The van der Waals surface area contributed by atoms with Crippen LogP contribution in [0.25, 0.3) is 5.69 Å². The lowest BCUT2D eigenvalue weighted by Crippen LogP contribution is -2.02. The van der Waals surface area contributed by atoms with Gasteiger partial charge in [0.2, 0.25) is 0 Å². The first-order valence-corrected chi connectivity index (χ1v) is 5.48. The van der Waals surface area contributed by atoms with Gasteiger partial charge in [0.1, 0.15) is 4.64 Å². The second kappa shape index (κ2) is 4.12. The monoisotopic (exact) mass is 281 g/mol. The van der Waals surface area contributed by atoms with Gasteiger partial charge in [-0.2, -0.15) is 5.10 Å². The zero-order valence-corrected chi connectivity index (χ0v) is 10.1. The fourth-order valence-corrected chi connectivity index (χ4v) is 1.75. The molecule has 2 rings (SSSR count). The van der Waals surface area contributed by atoms with Crippen molar-refractivity contribution in [1.29, 1.82) is 0 Å². The fourth-order valence-electron chi connectivity index (χ4n) is 1.20. The Labute approximate surface area is 101 Å². The summed E-state index contributed by atoms with van der Waals surface area (Å²) in [4.78, 5) is 0. The Hall–Kier alpha value is -1.20. The number of anilines is 1. The van der Waals surface area contributed by atoms with Crippen molar-refractivity contribution in [2.75, 3.05) is 5.73 Å². The summed E-state index contributed by atoms with van der Waals surface area (Å²) in [5.74, 6) is 0. The Morgan fingerprint density at radius 2 is 1.93 bits per heavy atom. The van der Waals surface area contributed by atoms with E-state index in [0.717, 1.165) is 10.2 Å². The molecule has 15 heavy (non-hydrogen) atoms. The standard InChI is InChI=1S/C10H8BrN3S/c11-7-1-3-9(4-2-7)14-10(15)5-8(12)6-13-14/h1-6H,12H2. The van der Waals surface area contributed by atoms with E-state index >= 15 is 0 Å². The molecule has 2 N–H and O–H groups in total. The maximum atomic E-state index is 5.58. The molecule has 0 bridgehead atoms. The van der Waals surface area contributed by atoms with Crippen molar-refractivity contribution in [3.63, 3.8) is 0 Å². The minimum absolute atomic E-state index is 0.577. The molecule has 0 aliphatic heterocycles. The van der Waals surface area contributed by atoms with Gasteiger partial charge in [-0.3, -0.25) is 0 Å². The van der Waals surface area contributed by atoms with Crippen LogP contribution in [0.2, 0.25) is 0 Å². The SMILES string of the molecule is Nc1cnn(-c2ccc(Br)cc2)c(=S)c1. The van der Waals surface area contributed by atoms with E-state index in [9.17, 15) is 0 Å². The second-order valence-corrected chi connectivity index (χ2v) is 4.35. The molecule has 3 nitrogen and oxygen atoms in total. The molecule has 1 aromatic heterocycles. The van der Waals surface area contributed by atoms with Crippen LogP contribution < -0.4 is 5.73 Å². The number of nitrogen functional groups attached to an aromatic ring is 1. The molecule has 0 amide bonds. The van der Waals surface area contributed by atoms with Gasteiger partial charge in [-0.05, 0) is 30.3 Å². The first-order chi connectivity index (χ1) is 7.16. The Bertz CT molecular complexity index is 533.